The summed E-state index contributed by atoms with van der Waals surface area (Å²) in [7, 11) is 0. The van der Waals surface area contributed by atoms with E-state index in [1.54, 1.807) is 0 Å². The molecule has 0 amide bonds. The largest absolute Gasteiger partial charge is 0.354 e. The van der Waals surface area contributed by atoms with Crippen molar-refractivity contribution in [3.05, 3.63) is 65.2 Å². The zero-order valence-corrected chi connectivity index (χ0v) is 12.6. The Labute approximate surface area is 133 Å². The van der Waals surface area contributed by atoms with Crippen LogP contribution in [-0.2, 0) is 6.42 Å². The van der Waals surface area contributed by atoms with Crippen LogP contribution in [0.3, 0.4) is 0 Å². The van der Waals surface area contributed by atoms with E-state index in [0.29, 0.717) is 12.0 Å². The summed E-state index contributed by atoms with van der Waals surface area (Å²) in [6, 6.07) is 11.3. The van der Waals surface area contributed by atoms with Gasteiger partial charge in [0, 0.05) is 24.7 Å². The van der Waals surface area contributed by atoms with Crippen LogP contribution in [0.5, 0.6) is 0 Å². The van der Waals surface area contributed by atoms with E-state index in [9.17, 15) is 8.78 Å². The Morgan fingerprint density at radius 2 is 1.86 bits per heavy atom. The second-order valence-corrected chi connectivity index (χ2v) is 4.89. The fourth-order valence-corrected chi connectivity index (χ4v) is 2.21. The van der Waals surface area contributed by atoms with Gasteiger partial charge in [0.1, 0.15) is 11.6 Å². The van der Waals surface area contributed by atoms with Gasteiger partial charge >= 0.3 is 0 Å². The minimum atomic E-state index is -0.555. The lowest BCUT2D eigenvalue weighted by molar-refractivity contribution is 0.574. The van der Waals surface area contributed by atoms with Gasteiger partial charge in [0.15, 0.2) is 5.96 Å². The van der Waals surface area contributed by atoms with Crippen molar-refractivity contribution >= 4 is 24.1 Å². The first-order valence-electron chi connectivity index (χ1n) is 6.79. The number of hydrogen-bond donors (Lipinski definition) is 2. The third-order valence-electron chi connectivity index (χ3n) is 3.30. The molecule has 3 nitrogen and oxygen atoms in total. The molecular formula is C16H16ClF2N3. The zero-order chi connectivity index (χ0) is 14.7. The van der Waals surface area contributed by atoms with Crippen LogP contribution in [0.4, 0.5) is 14.5 Å². The summed E-state index contributed by atoms with van der Waals surface area (Å²) in [5.74, 6) is -0.297. The third kappa shape index (κ3) is 3.95. The molecule has 0 unspecified atom stereocenters. The highest BCUT2D eigenvalue weighted by Crippen LogP contribution is 2.17. The van der Waals surface area contributed by atoms with Gasteiger partial charge in [-0.05, 0) is 29.3 Å². The molecule has 0 aromatic heterocycles. The SMILES string of the molecule is Cl.Fc1ccc(Cc2ccc(NC3=NCCN3)cc2)c(F)c1. The lowest BCUT2D eigenvalue weighted by Gasteiger charge is -2.08. The smallest absolute Gasteiger partial charge is 0.195 e. The average Bonchev–Trinajstić information content (AvgIpc) is 2.97. The van der Waals surface area contributed by atoms with Crippen molar-refractivity contribution in [1.29, 1.82) is 0 Å². The highest BCUT2D eigenvalue weighted by atomic mass is 35.5. The van der Waals surface area contributed by atoms with Crippen molar-refractivity contribution in [1.82, 2.24) is 5.32 Å². The van der Waals surface area contributed by atoms with Crippen molar-refractivity contribution < 1.29 is 8.78 Å². The van der Waals surface area contributed by atoms with Crippen LogP contribution in [0.25, 0.3) is 0 Å². The summed E-state index contributed by atoms with van der Waals surface area (Å²) >= 11 is 0. The fraction of sp³-hybridized carbons (Fsp3) is 0.188. The Bertz CT molecular complexity index is 672. The van der Waals surface area contributed by atoms with Crippen molar-refractivity contribution in [2.24, 2.45) is 4.99 Å². The standard InChI is InChI=1S/C16H15F2N3.ClH/c17-13-4-3-12(15(18)10-13)9-11-1-5-14(6-2-11)21-16-19-7-8-20-16;/h1-6,10H,7-9H2,(H2,19,20,21);1H. The number of anilines is 1. The van der Waals surface area contributed by atoms with Crippen LogP contribution >= 0.6 is 12.4 Å². The van der Waals surface area contributed by atoms with Gasteiger partial charge in [-0.2, -0.15) is 0 Å². The van der Waals surface area contributed by atoms with Crippen LogP contribution in [0, 0.1) is 11.6 Å². The van der Waals surface area contributed by atoms with Crippen LogP contribution in [0.1, 0.15) is 11.1 Å². The maximum Gasteiger partial charge on any atom is 0.195 e. The Morgan fingerprint density at radius 1 is 1.09 bits per heavy atom. The Balaban J connectivity index is 0.00000176. The number of nitrogens with one attached hydrogen (secondary N) is 2. The number of hydrogen-bond acceptors (Lipinski definition) is 3. The monoisotopic (exact) mass is 323 g/mol. The van der Waals surface area contributed by atoms with Crippen molar-refractivity contribution in [3.8, 4) is 0 Å². The molecule has 0 aliphatic carbocycles. The molecule has 0 radical (unpaired) electrons. The first kappa shape index (κ1) is 16.2. The van der Waals surface area contributed by atoms with E-state index < -0.39 is 11.6 Å². The molecule has 2 aromatic rings. The molecule has 0 bridgehead atoms. The molecule has 3 rings (SSSR count). The average molecular weight is 324 g/mol. The summed E-state index contributed by atoms with van der Waals surface area (Å²) in [6.45, 7) is 1.63. The van der Waals surface area contributed by atoms with E-state index in [-0.39, 0.29) is 12.4 Å². The normalized spacial score (nSPS) is 13.1. The predicted molar refractivity (Wildman–Crippen MR) is 86.8 cm³/mol. The van der Waals surface area contributed by atoms with Gasteiger partial charge in [0.25, 0.3) is 0 Å². The van der Waals surface area contributed by atoms with Gasteiger partial charge < -0.3 is 10.6 Å². The van der Waals surface area contributed by atoms with Crippen LogP contribution in [-0.4, -0.2) is 19.0 Å². The van der Waals surface area contributed by atoms with E-state index in [2.05, 4.69) is 15.6 Å². The van der Waals surface area contributed by atoms with E-state index in [1.807, 2.05) is 24.3 Å². The molecule has 116 valence electrons. The molecule has 0 atom stereocenters. The van der Waals surface area contributed by atoms with Gasteiger partial charge in [-0.3, -0.25) is 4.99 Å². The lowest BCUT2D eigenvalue weighted by atomic mass is 10.0. The molecule has 2 N–H and O–H groups in total. The summed E-state index contributed by atoms with van der Waals surface area (Å²) in [5, 5.41) is 6.29. The Morgan fingerprint density at radius 3 is 2.50 bits per heavy atom. The quantitative estimate of drug-likeness (QED) is 0.909. The molecule has 0 saturated carbocycles. The second-order valence-electron chi connectivity index (χ2n) is 4.89. The molecule has 0 saturated heterocycles. The summed E-state index contributed by atoms with van der Waals surface area (Å²) in [5.41, 5.74) is 2.37. The molecule has 1 heterocycles. The summed E-state index contributed by atoms with van der Waals surface area (Å²) < 4.78 is 26.5. The molecular weight excluding hydrogens is 308 g/mol. The van der Waals surface area contributed by atoms with Crippen LogP contribution in [0.2, 0.25) is 0 Å². The van der Waals surface area contributed by atoms with Crippen molar-refractivity contribution in [2.75, 3.05) is 18.4 Å². The van der Waals surface area contributed by atoms with Crippen LogP contribution < -0.4 is 10.6 Å². The Kier molecular flexibility index (Phi) is 5.33. The summed E-state index contributed by atoms with van der Waals surface area (Å²) in [6.07, 6.45) is 0.436. The molecule has 1 aliphatic rings. The highest BCUT2D eigenvalue weighted by Gasteiger charge is 2.07. The van der Waals surface area contributed by atoms with Gasteiger partial charge in [-0.1, -0.05) is 18.2 Å². The topological polar surface area (TPSA) is 36.4 Å². The third-order valence-corrected chi connectivity index (χ3v) is 3.30. The maximum absolute atomic E-state index is 13.6. The highest BCUT2D eigenvalue weighted by molar-refractivity contribution is 5.94. The molecule has 22 heavy (non-hydrogen) atoms. The van der Waals surface area contributed by atoms with Crippen LogP contribution in [0.15, 0.2) is 47.5 Å². The zero-order valence-electron chi connectivity index (χ0n) is 11.8. The number of nitrogens with zero attached hydrogens (tertiary/aromatic N) is 1. The number of halogens is 3. The van der Waals surface area contributed by atoms with Gasteiger partial charge in [-0.25, -0.2) is 8.78 Å². The lowest BCUT2D eigenvalue weighted by Crippen LogP contribution is -2.26. The molecule has 2 aromatic carbocycles. The summed E-state index contributed by atoms with van der Waals surface area (Å²) in [4.78, 5) is 4.25. The fourth-order valence-electron chi connectivity index (χ4n) is 2.21. The van der Waals surface area contributed by atoms with E-state index in [4.69, 9.17) is 0 Å². The predicted octanol–water partition coefficient (Wildman–Crippen LogP) is 3.35. The number of guanidine groups is 1. The van der Waals surface area contributed by atoms with Crippen molar-refractivity contribution in [3.63, 3.8) is 0 Å². The minimum absolute atomic E-state index is 0. The number of rotatable bonds is 3. The minimum Gasteiger partial charge on any atom is -0.354 e. The van der Waals surface area contributed by atoms with Gasteiger partial charge in [0.2, 0.25) is 0 Å². The number of aliphatic imine (C=N–C) groups is 1. The van der Waals surface area contributed by atoms with E-state index >= 15 is 0 Å². The molecule has 0 fully saturated rings. The van der Waals surface area contributed by atoms with E-state index in [1.165, 1.54) is 12.1 Å². The molecule has 0 spiro atoms. The molecule has 6 heteroatoms. The number of benzene rings is 2. The Hall–Kier alpha value is -2.14. The second kappa shape index (κ2) is 7.22. The first-order valence-corrected chi connectivity index (χ1v) is 6.79. The first-order chi connectivity index (χ1) is 10.2. The van der Waals surface area contributed by atoms with E-state index in [0.717, 1.165) is 36.4 Å². The molecule has 1 aliphatic heterocycles. The van der Waals surface area contributed by atoms with Crippen molar-refractivity contribution in [2.45, 2.75) is 6.42 Å². The van der Waals surface area contributed by atoms with Gasteiger partial charge in [-0.15, -0.1) is 12.4 Å². The van der Waals surface area contributed by atoms with Gasteiger partial charge in [0.05, 0.1) is 6.54 Å². The maximum atomic E-state index is 13.6.